The zero-order chi connectivity index (χ0) is 21.0. The van der Waals surface area contributed by atoms with Crippen molar-refractivity contribution in [2.24, 2.45) is 0 Å². The lowest BCUT2D eigenvalue weighted by atomic mass is 10.0. The van der Waals surface area contributed by atoms with Gasteiger partial charge < -0.3 is 10.2 Å². The molecule has 2 aliphatic rings. The van der Waals surface area contributed by atoms with E-state index in [0.717, 1.165) is 51.6 Å². The van der Waals surface area contributed by atoms with Gasteiger partial charge in [0.2, 0.25) is 10.0 Å². The second kappa shape index (κ2) is 9.77. The summed E-state index contributed by atoms with van der Waals surface area (Å²) in [7, 11) is -3.71. The van der Waals surface area contributed by atoms with Gasteiger partial charge in [0, 0.05) is 43.8 Å². The number of benzene rings is 1. The molecule has 2 saturated heterocycles. The average Bonchev–Trinajstić information content (AvgIpc) is 2.98. The molecular formula is C21H32ClN3O3S. The van der Waals surface area contributed by atoms with Crippen LogP contribution in [0.15, 0.2) is 23.1 Å². The molecule has 1 amide bonds. The molecule has 0 aliphatic carbocycles. The van der Waals surface area contributed by atoms with Crippen LogP contribution >= 0.6 is 11.6 Å². The lowest BCUT2D eigenvalue weighted by Gasteiger charge is -2.34. The van der Waals surface area contributed by atoms with Crippen LogP contribution < -0.4 is 5.32 Å². The van der Waals surface area contributed by atoms with Crippen LogP contribution in [0.4, 0.5) is 0 Å². The van der Waals surface area contributed by atoms with Gasteiger partial charge in [0.25, 0.3) is 5.91 Å². The third kappa shape index (κ3) is 5.51. The number of nitrogens with one attached hydrogen (secondary N) is 1. The minimum atomic E-state index is -3.71. The Kier molecular flexibility index (Phi) is 7.59. The van der Waals surface area contributed by atoms with Crippen molar-refractivity contribution in [3.8, 4) is 0 Å². The summed E-state index contributed by atoms with van der Waals surface area (Å²) in [5.41, 5.74) is 0.342. The molecule has 1 N–H and O–H groups in total. The Morgan fingerprint density at radius 2 is 1.69 bits per heavy atom. The molecular weight excluding hydrogens is 410 g/mol. The fourth-order valence-electron chi connectivity index (χ4n) is 4.09. The standard InChI is InChI=1S/C21H32ClN3O3S/c1-16(2)24-13-9-18(10-14-24)23-21(26)17-7-8-19(22)20(15-17)29(27,28)25-11-5-3-4-6-12-25/h7-8,15-16,18H,3-6,9-14H2,1-2H3,(H,23,26). The molecule has 2 fully saturated rings. The van der Waals surface area contributed by atoms with E-state index in [1.807, 2.05) is 0 Å². The summed E-state index contributed by atoms with van der Waals surface area (Å²) < 4.78 is 27.8. The van der Waals surface area contributed by atoms with Crippen LogP contribution in [0, 0.1) is 0 Å². The third-order valence-corrected chi connectivity index (χ3v) is 8.35. The number of nitrogens with zero attached hydrogens (tertiary/aromatic N) is 2. The first-order valence-corrected chi connectivity index (χ1v) is 12.5. The molecule has 1 aromatic carbocycles. The molecule has 2 heterocycles. The van der Waals surface area contributed by atoms with E-state index in [2.05, 4.69) is 24.1 Å². The number of rotatable bonds is 5. The van der Waals surface area contributed by atoms with Gasteiger partial charge >= 0.3 is 0 Å². The van der Waals surface area contributed by atoms with E-state index in [9.17, 15) is 13.2 Å². The number of carbonyl (C=O) groups is 1. The zero-order valence-electron chi connectivity index (χ0n) is 17.4. The summed E-state index contributed by atoms with van der Waals surface area (Å²) in [5, 5.41) is 3.23. The monoisotopic (exact) mass is 441 g/mol. The minimum Gasteiger partial charge on any atom is -0.349 e. The van der Waals surface area contributed by atoms with E-state index in [4.69, 9.17) is 11.6 Å². The lowest BCUT2D eigenvalue weighted by molar-refractivity contribution is 0.0900. The fourth-order valence-corrected chi connectivity index (χ4v) is 6.11. The van der Waals surface area contributed by atoms with Crippen LogP contribution in [0.25, 0.3) is 0 Å². The first-order chi connectivity index (χ1) is 13.8. The fraction of sp³-hybridized carbons (Fsp3) is 0.667. The second-order valence-corrected chi connectivity index (χ2v) is 10.7. The van der Waals surface area contributed by atoms with Crippen molar-refractivity contribution < 1.29 is 13.2 Å². The van der Waals surface area contributed by atoms with Gasteiger partial charge in [0.1, 0.15) is 4.90 Å². The van der Waals surface area contributed by atoms with Crippen LogP contribution in [-0.2, 0) is 10.0 Å². The van der Waals surface area contributed by atoms with Crippen molar-refractivity contribution in [1.29, 1.82) is 0 Å². The van der Waals surface area contributed by atoms with E-state index >= 15 is 0 Å². The molecule has 6 nitrogen and oxygen atoms in total. The molecule has 1 aromatic rings. The van der Waals surface area contributed by atoms with Crippen LogP contribution in [0.2, 0.25) is 5.02 Å². The van der Waals surface area contributed by atoms with Gasteiger partial charge in [0.05, 0.1) is 5.02 Å². The highest BCUT2D eigenvalue weighted by Crippen LogP contribution is 2.28. The van der Waals surface area contributed by atoms with E-state index in [1.54, 1.807) is 6.07 Å². The molecule has 3 rings (SSSR count). The van der Waals surface area contributed by atoms with E-state index in [0.29, 0.717) is 24.7 Å². The van der Waals surface area contributed by atoms with Crippen molar-refractivity contribution in [2.45, 2.75) is 69.4 Å². The number of hydrogen-bond acceptors (Lipinski definition) is 4. The largest absolute Gasteiger partial charge is 0.349 e. The highest BCUT2D eigenvalue weighted by Gasteiger charge is 2.29. The van der Waals surface area contributed by atoms with Crippen LogP contribution in [0.1, 0.15) is 62.7 Å². The summed E-state index contributed by atoms with van der Waals surface area (Å²) in [6.45, 7) is 7.28. The molecule has 0 bridgehead atoms. The summed E-state index contributed by atoms with van der Waals surface area (Å²) in [6, 6.07) is 5.17. The van der Waals surface area contributed by atoms with Gasteiger partial charge in [-0.05, 0) is 57.7 Å². The molecule has 0 spiro atoms. The van der Waals surface area contributed by atoms with E-state index < -0.39 is 10.0 Å². The molecule has 29 heavy (non-hydrogen) atoms. The van der Waals surface area contributed by atoms with Gasteiger partial charge in [-0.1, -0.05) is 24.4 Å². The third-order valence-electron chi connectivity index (χ3n) is 5.97. The molecule has 2 aliphatic heterocycles. The van der Waals surface area contributed by atoms with Gasteiger partial charge in [0.15, 0.2) is 0 Å². The zero-order valence-corrected chi connectivity index (χ0v) is 18.9. The Labute approximate surface area is 179 Å². The first kappa shape index (κ1) is 22.5. The van der Waals surface area contributed by atoms with Gasteiger partial charge in [-0.15, -0.1) is 0 Å². The number of amides is 1. The molecule has 0 radical (unpaired) electrons. The van der Waals surface area contributed by atoms with Crippen LogP contribution in [0.5, 0.6) is 0 Å². The normalized spacial score (nSPS) is 20.6. The molecule has 0 aromatic heterocycles. The van der Waals surface area contributed by atoms with Crippen molar-refractivity contribution in [3.63, 3.8) is 0 Å². The molecule has 0 saturated carbocycles. The molecule has 0 unspecified atom stereocenters. The average molecular weight is 442 g/mol. The Bertz CT molecular complexity index is 812. The number of piperidine rings is 1. The Morgan fingerprint density at radius 3 is 2.28 bits per heavy atom. The number of hydrogen-bond donors (Lipinski definition) is 1. The highest BCUT2D eigenvalue weighted by molar-refractivity contribution is 7.89. The summed E-state index contributed by atoms with van der Waals surface area (Å²) in [4.78, 5) is 15.2. The Balaban J connectivity index is 1.72. The van der Waals surface area contributed by atoms with Gasteiger partial charge in [-0.2, -0.15) is 4.31 Å². The minimum absolute atomic E-state index is 0.0309. The summed E-state index contributed by atoms with van der Waals surface area (Å²) in [5.74, 6) is -0.239. The SMILES string of the molecule is CC(C)N1CCC(NC(=O)c2ccc(Cl)c(S(=O)(=O)N3CCCCCC3)c2)CC1. The predicted octanol–water partition coefficient (Wildman–Crippen LogP) is 3.51. The van der Waals surface area contributed by atoms with Crippen molar-refractivity contribution in [1.82, 2.24) is 14.5 Å². The van der Waals surface area contributed by atoms with Crippen molar-refractivity contribution in [2.75, 3.05) is 26.2 Å². The number of likely N-dealkylation sites (tertiary alicyclic amines) is 1. The van der Waals surface area contributed by atoms with E-state index in [-0.39, 0.29) is 21.9 Å². The maximum Gasteiger partial charge on any atom is 0.251 e. The predicted molar refractivity (Wildman–Crippen MR) is 116 cm³/mol. The molecule has 0 atom stereocenters. The van der Waals surface area contributed by atoms with Crippen molar-refractivity contribution in [3.05, 3.63) is 28.8 Å². The van der Waals surface area contributed by atoms with Gasteiger partial charge in [-0.25, -0.2) is 8.42 Å². The quantitative estimate of drug-likeness (QED) is 0.759. The summed E-state index contributed by atoms with van der Waals surface area (Å²) in [6.07, 6.45) is 5.58. The van der Waals surface area contributed by atoms with Crippen molar-refractivity contribution >= 4 is 27.5 Å². The number of halogens is 1. The number of carbonyl (C=O) groups excluding carboxylic acids is 1. The molecule has 8 heteroatoms. The Morgan fingerprint density at radius 1 is 1.07 bits per heavy atom. The lowest BCUT2D eigenvalue weighted by Crippen LogP contribution is -2.46. The van der Waals surface area contributed by atoms with Gasteiger partial charge in [-0.3, -0.25) is 4.79 Å². The maximum atomic E-state index is 13.1. The maximum absolute atomic E-state index is 13.1. The van der Waals surface area contributed by atoms with E-state index in [1.165, 1.54) is 16.4 Å². The highest BCUT2D eigenvalue weighted by atomic mass is 35.5. The summed E-state index contributed by atoms with van der Waals surface area (Å²) >= 11 is 6.24. The van der Waals surface area contributed by atoms with Crippen LogP contribution in [-0.4, -0.2) is 61.8 Å². The molecule has 162 valence electrons. The first-order valence-electron chi connectivity index (χ1n) is 10.6. The number of sulfonamides is 1. The Hall–Kier alpha value is -1.15. The topological polar surface area (TPSA) is 69.7 Å². The second-order valence-electron chi connectivity index (χ2n) is 8.34. The van der Waals surface area contributed by atoms with Crippen LogP contribution in [0.3, 0.4) is 0 Å². The smallest absolute Gasteiger partial charge is 0.251 e.